The molecule has 0 saturated carbocycles. The molecule has 2 aromatic heterocycles. The number of nitrogens with one attached hydrogen (secondary N) is 2. The third kappa shape index (κ3) is 4.57. The Kier molecular flexibility index (Phi) is 5.26. The fourth-order valence-electron chi connectivity index (χ4n) is 2.15. The Bertz CT molecular complexity index is 799. The molecule has 3 aromatic rings. The van der Waals surface area contributed by atoms with Gasteiger partial charge in [-0.2, -0.15) is 0 Å². The number of nitrogens with zero attached hydrogens (tertiary/aromatic N) is 2. The lowest BCUT2D eigenvalue weighted by Gasteiger charge is -2.06. The molecule has 2 heterocycles. The van der Waals surface area contributed by atoms with Crippen molar-refractivity contribution in [2.75, 3.05) is 12.4 Å². The molecule has 1 aromatic carbocycles. The number of furan rings is 1. The fraction of sp³-hybridized carbons (Fsp3) is 0.167. The number of anilines is 1. The van der Waals surface area contributed by atoms with Gasteiger partial charge in [-0.15, -0.1) is 10.2 Å². The van der Waals surface area contributed by atoms with Gasteiger partial charge in [0, 0.05) is 6.54 Å². The Morgan fingerprint density at radius 3 is 2.56 bits per heavy atom. The number of methoxy groups -OCH3 is 1. The zero-order valence-electron chi connectivity index (χ0n) is 13.7. The number of amides is 1. The third-order valence-electron chi connectivity index (χ3n) is 3.53. The molecule has 0 aliphatic carbocycles. The number of aromatic nitrogens is 2. The third-order valence-corrected chi connectivity index (χ3v) is 3.53. The number of carbonyl (C=O) groups is 1. The van der Waals surface area contributed by atoms with Gasteiger partial charge in [0.05, 0.1) is 19.9 Å². The summed E-state index contributed by atoms with van der Waals surface area (Å²) >= 11 is 0. The molecule has 0 aliphatic heterocycles. The largest absolute Gasteiger partial charge is 0.497 e. The van der Waals surface area contributed by atoms with Crippen molar-refractivity contribution in [3.05, 3.63) is 71.8 Å². The van der Waals surface area contributed by atoms with E-state index in [1.54, 1.807) is 25.5 Å². The number of benzene rings is 1. The van der Waals surface area contributed by atoms with Crippen LogP contribution in [-0.4, -0.2) is 23.2 Å². The van der Waals surface area contributed by atoms with Crippen molar-refractivity contribution in [3.63, 3.8) is 0 Å². The van der Waals surface area contributed by atoms with Crippen LogP contribution in [0.2, 0.25) is 0 Å². The first-order chi connectivity index (χ1) is 12.2. The van der Waals surface area contributed by atoms with Crippen LogP contribution in [0.15, 0.2) is 59.2 Å². The number of carbonyl (C=O) groups excluding carboxylic acids is 1. The van der Waals surface area contributed by atoms with E-state index in [0.29, 0.717) is 18.9 Å². The van der Waals surface area contributed by atoms with E-state index >= 15 is 0 Å². The lowest BCUT2D eigenvalue weighted by Crippen LogP contribution is -2.24. The Labute approximate surface area is 145 Å². The molecule has 0 saturated heterocycles. The number of rotatable bonds is 7. The van der Waals surface area contributed by atoms with E-state index in [1.807, 2.05) is 36.4 Å². The van der Waals surface area contributed by atoms with E-state index in [0.717, 1.165) is 17.1 Å². The Morgan fingerprint density at radius 2 is 1.92 bits per heavy atom. The molecular formula is C18H18N4O3. The summed E-state index contributed by atoms with van der Waals surface area (Å²) in [7, 11) is 1.61. The van der Waals surface area contributed by atoms with Crippen LogP contribution >= 0.6 is 0 Å². The highest BCUT2D eigenvalue weighted by atomic mass is 16.5. The lowest BCUT2D eigenvalue weighted by atomic mass is 10.2. The zero-order chi connectivity index (χ0) is 17.5. The van der Waals surface area contributed by atoms with E-state index in [-0.39, 0.29) is 11.6 Å². The second-order valence-corrected chi connectivity index (χ2v) is 5.27. The summed E-state index contributed by atoms with van der Waals surface area (Å²) in [6.45, 7) is 0.910. The molecule has 0 atom stereocenters. The van der Waals surface area contributed by atoms with E-state index in [2.05, 4.69) is 20.8 Å². The first-order valence-electron chi connectivity index (χ1n) is 7.76. The standard InChI is InChI=1S/C18H18N4O3/c1-24-14-6-4-13(5-7-14)11-20-18(23)16-8-9-17(22-21-16)19-12-15-3-2-10-25-15/h2-10H,11-12H2,1H3,(H,19,22)(H,20,23). The highest BCUT2D eigenvalue weighted by molar-refractivity contribution is 5.92. The SMILES string of the molecule is COc1ccc(CNC(=O)c2ccc(NCc3ccco3)nn2)cc1. The second-order valence-electron chi connectivity index (χ2n) is 5.27. The van der Waals surface area contributed by atoms with Crippen LogP contribution in [0.5, 0.6) is 5.75 Å². The Hall–Kier alpha value is -3.35. The molecule has 25 heavy (non-hydrogen) atoms. The predicted octanol–water partition coefficient (Wildman–Crippen LogP) is 2.62. The van der Waals surface area contributed by atoms with Gasteiger partial charge in [-0.05, 0) is 42.0 Å². The van der Waals surface area contributed by atoms with Crippen LogP contribution in [0.3, 0.4) is 0 Å². The molecule has 0 fully saturated rings. The number of hydrogen-bond acceptors (Lipinski definition) is 6. The first kappa shape index (κ1) is 16.5. The van der Waals surface area contributed by atoms with Crippen LogP contribution in [0.1, 0.15) is 21.8 Å². The average molecular weight is 338 g/mol. The van der Waals surface area contributed by atoms with Gasteiger partial charge in [0.2, 0.25) is 0 Å². The Morgan fingerprint density at radius 1 is 1.08 bits per heavy atom. The Balaban J connectivity index is 1.51. The topological polar surface area (TPSA) is 89.3 Å². The van der Waals surface area contributed by atoms with Crippen molar-refractivity contribution in [2.24, 2.45) is 0 Å². The minimum absolute atomic E-state index is 0.261. The van der Waals surface area contributed by atoms with Gasteiger partial charge in [-0.25, -0.2) is 0 Å². The summed E-state index contributed by atoms with van der Waals surface area (Å²) in [5.41, 5.74) is 1.23. The molecule has 7 nitrogen and oxygen atoms in total. The van der Waals surface area contributed by atoms with Gasteiger partial charge in [0.25, 0.3) is 5.91 Å². The van der Waals surface area contributed by atoms with Crippen molar-refractivity contribution >= 4 is 11.7 Å². The van der Waals surface area contributed by atoms with Crippen molar-refractivity contribution in [1.82, 2.24) is 15.5 Å². The summed E-state index contributed by atoms with van der Waals surface area (Å²) in [4.78, 5) is 12.1. The molecule has 0 radical (unpaired) electrons. The monoisotopic (exact) mass is 338 g/mol. The number of ether oxygens (including phenoxy) is 1. The molecule has 0 aliphatic rings. The van der Waals surface area contributed by atoms with Crippen LogP contribution in [0, 0.1) is 0 Å². The molecule has 1 amide bonds. The minimum atomic E-state index is -0.277. The second kappa shape index (κ2) is 7.96. The minimum Gasteiger partial charge on any atom is -0.497 e. The first-order valence-corrected chi connectivity index (χ1v) is 7.76. The lowest BCUT2D eigenvalue weighted by molar-refractivity contribution is 0.0945. The van der Waals surface area contributed by atoms with Crippen molar-refractivity contribution < 1.29 is 13.9 Å². The predicted molar refractivity (Wildman–Crippen MR) is 92.2 cm³/mol. The van der Waals surface area contributed by atoms with E-state index in [4.69, 9.17) is 9.15 Å². The van der Waals surface area contributed by atoms with E-state index in [1.165, 1.54) is 0 Å². The maximum Gasteiger partial charge on any atom is 0.272 e. The van der Waals surface area contributed by atoms with Crippen LogP contribution in [0.4, 0.5) is 5.82 Å². The molecule has 2 N–H and O–H groups in total. The quantitative estimate of drug-likeness (QED) is 0.688. The fourth-order valence-corrected chi connectivity index (χ4v) is 2.15. The van der Waals surface area contributed by atoms with E-state index < -0.39 is 0 Å². The maximum atomic E-state index is 12.1. The zero-order valence-corrected chi connectivity index (χ0v) is 13.7. The summed E-state index contributed by atoms with van der Waals surface area (Å²) < 4.78 is 10.3. The molecule has 0 spiro atoms. The summed E-state index contributed by atoms with van der Waals surface area (Å²) in [6, 6.07) is 14.5. The maximum absolute atomic E-state index is 12.1. The average Bonchev–Trinajstić information content (AvgIpc) is 3.19. The van der Waals surface area contributed by atoms with Crippen molar-refractivity contribution in [2.45, 2.75) is 13.1 Å². The van der Waals surface area contributed by atoms with Crippen molar-refractivity contribution in [3.8, 4) is 5.75 Å². The molecular weight excluding hydrogens is 320 g/mol. The number of hydrogen-bond donors (Lipinski definition) is 2. The molecule has 0 bridgehead atoms. The highest BCUT2D eigenvalue weighted by Gasteiger charge is 2.08. The smallest absolute Gasteiger partial charge is 0.272 e. The molecule has 7 heteroatoms. The normalized spacial score (nSPS) is 10.3. The van der Waals surface area contributed by atoms with Gasteiger partial charge >= 0.3 is 0 Å². The highest BCUT2D eigenvalue weighted by Crippen LogP contribution is 2.11. The van der Waals surface area contributed by atoms with Crippen LogP contribution < -0.4 is 15.4 Å². The van der Waals surface area contributed by atoms with Gasteiger partial charge in [0.1, 0.15) is 17.3 Å². The van der Waals surface area contributed by atoms with Gasteiger partial charge < -0.3 is 19.8 Å². The van der Waals surface area contributed by atoms with Crippen LogP contribution in [-0.2, 0) is 13.1 Å². The van der Waals surface area contributed by atoms with Gasteiger partial charge in [-0.1, -0.05) is 12.1 Å². The van der Waals surface area contributed by atoms with Crippen LogP contribution in [0.25, 0.3) is 0 Å². The molecule has 0 unspecified atom stereocenters. The summed E-state index contributed by atoms with van der Waals surface area (Å²) in [6.07, 6.45) is 1.61. The molecule has 128 valence electrons. The van der Waals surface area contributed by atoms with E-state index in [9.17, 15) is 4.79 Å². The van der Waals surface area contributed by atoms with Gasteiger partial charge in [-0.3, -0.25) is 4.79 Å². The summed E-state index contributed by atoms with van der Waals surface area (Å²) in [5, 5.41) is 13.8. The summed E-state index contributed by atoms with van der Waals surface area (Å²) in [5.74, 6) is 1.87. The van der Waals surface area contributed by atoms with Crippen molar-refractivity contribution in [1.29, 1.82) is 0 Å². The molecule has 3 rings (SSSR count). The van der Waals surface area contributed by atoms with Gasteiger partial charge in [0.15, 0.2) is 5.69 Å².